The summed E-state index contributed by atoms with van der Waals surface area (Å²) in [6, 6.07) is 0. The van der Waals surface area contributed by atoms with Crippen LogP contribution < -0.4 is 0 Å². The first-order valence-electron chi connectivity index (χ1n) is 5.04. The number of rotatable bonds is 7. The lowest BCUT2D eigenvalue weighted by atomic mass is 10.9. The van der Waals surface area contributed by atoms with E-state index in [1.165, 1.54) is 0 Å². The van der Waals surface area contributed by atoms with Crippen LogP contribution in [0.1, 0.15) is 27.7 Å². The van der Waals surface area contributed by atoms with Gasteiger partial charge in [-0.05, 0) is 20.8 Å². The molecule has 0 spiro atoms. The molecule has 5 heteroatoms. The molecule has 13 heavy (non-hydrogen) atoms. The molecule has 0 aromatic heterocycles. The molecular formula is C8H22O3Si2. The first-order chi connectivity index (χ1) is 6.13. The highest BCUT2D eigenvalue weighted by Crippen LogP contribution is 2.22. The summed E-state index contributed by atoms with van der Waals surface area (Å²) in [7, 11) is -1.26. The van der Waals surface area contributed by atoms with E-state index in [0.29, 0.717) is 25.0 Å². The minimum absolute atomic E-state index is 0.465. The molecule has 0 aliphatic carbocycles. The van der Waals surface area contributed by atoms with Crippen molar-refractivity contribution in [1.29, 1.82) is 0 Å². The van der Waals surface area contributed by atoms with Crippen LogP contribution in [0.2, 0.25) is 5.16 Å². The van der Waals surface area contributed by atoms with Gasteiger partial charge in [-0.2, -0.15) is 0 Å². The fourth-order valence-corrected chi connectivity index (χ4v) is 5.19. The molecule has 0 aliphatic heterocycles. The lowest BCUT2D eigenvalue weighted by molar-refractivity contribution is 0.0694. The van der Waals surface area contributed by atoms with E-state index in [9.17, 15) is 0 Å². The lowest BCUT2D eigenvalue weighted by Crippen LogP contribution is -2.49. The van der Waals surface area contributed by atoms with E-state index in [4.69, 9.17) is 13.3 Å². The first kappa shape index (κ1) is 13.3. The average Bonchev–Trinajstić information content (AvgIpc) is 2.05. The fraction of sp³-hybridized carbons (Fsp3) is 1.00. The summed E-state index contributed by atoms with van der Waals surface area (Å²) >= 11 is 0. The number of hydrogen-bond donors (Lipinski definition) is 0. The van der Waals surface area contributed by atoms with Gasteiger partial charge in [0.05, 0.1) is 0 Å². The summed E-state index contributed by atoms with van der Waals surface area (Å²) in [4.78, 5) is 0. The van der Waals surface area contributed by atoms with Crippen LogP contribution in [0.4, 0.5) is 0 Å². The van der Waals surface area contributed by atoms with E-state index in [2.05, 4.69) is 6.92 Å². The van der Waals surface area contributed by atoms with Crippen molar-refractivity contribution in [2.75, 3.05) is 19.8 Å². The van der Waals surface area contributed by atoms with E-state index in [0.717, 1.165) is 10.2 Å². The van der Waals surface area contributed by atoms with Gasteiger partial charge < -0.3 is 13.3 Å². The zero-order valence-electron chi connectivity index (χ0n) is 9.42. The second-order valence-electron chi connectivity index (χ2n) is 3.06. The van der Waals surface area contributed by atoms with Crippen LogP contribution in [0.15, 0.2) is 0 Å². The molecular weight excluding hydrogens is 200 g/mol. The van der Waals surface area contributed by atoms with Gasteiger partial charge in [0, 0.05) is 35.2 Å². The first-order valence-corrected chi connectivity index (χ1v) is 8.00. The van der Waals surface area contributed by atoms with Crippen LogP contribution in [-0.2, 0) is 13.3 Å². The second-order valence-corrected chi connectivity index (χ2v) is 9.17. The van der Waals surface area contributed by atoms with Crippen LogP contribution in [0, 0.1) is 0 Å². The molecule has 0 rings (SSSR count). The lowest BCUT2D eigenvalue weighted by Gasteiger charge is -2.31. The summed E-state index contributed by atoms with van der Waals surface area (Å²) in [5, 5.41) is 0.465. The van der Waals surface area contributed by atoms with Gasteiger partial charge in [0.2, 0.25) is 0 Å². The molecule has 0 bridgehead atoms. The van der Waals surface area contributed by atoms with Gasteiger partial charge in [0.1, 0.15) is 0 Å². The Balaban J connectivity index is 4.38. The molecule has 1 unspecified atom stereocenters. The van der Waals surface area contributed by atoms with Gasteiger partial charge in [-0.15, -0.1) is 0 Å². The summed E-state index contributed by atoms with van der Waals surface area (Å²) in [6.45, 7) is 10.2. The van der Waals surface area contributed by atoms with Crippen molar-refractivity contribution >= 4 is 19.0 Å². The Morgan fingerprint density at radius 1 is 1.00 bits per heavy atom. The quantitative estimate of drug-likeness (QED) is 0.595. The van der Waals surface area contributed by atoms with Crippen molar-refractivity contribution in [3.63, 3.8) is 0 Å². The van der Waals surface area contributed by atoms with Crippen molar-refractivity contribution in [3.05, 3.63) is 0 Å². The minimum atomic E-state index is -2.31. The van der Waals surface area contributed by atoms with E-state index < -0.39 is 8.80 Å². The Bertz CT molecular complexity index is 114. The summed E-state index contributed by atoms with van der Waals surface area (Å²) < 4.78 is 17.1. The highest BCUT2D eigenvalue weighted by molar-refractivity contribution is 6.69. The van der Waals surface area contributed by atoms with Crippen LogP contribution in [0.25, 0.3) is 0 Å². The zero-order chi connectivity index (χ0) is 10.3. The van der Waals surface area contributed by atoms with E-state index in [1.807, 2.05) is 20.8 Å². The molecule has 0 amide bonds. The molecule has 0 radical (unpaired) electrons. The molecule has 0 aromatic rings. The Morgan fingerprint density at radius 3 is 1.46 bits per heavy atom. The molecule has 0 aliphatic rings. The SMILES string of the molecule is CCO[Si](OCC)(OCC)C(C)[SiH3]. The van der Waals surface area contributed by atoms with Crippen molar-refractivity contribution in [2.45, 2.75) is 32.9 Å². The van der Waals surface area contributed by atoms with Crippen LogP contribution in [0.3, 0.4) is 0 Å². The molecule has 3 nitrogen and oxygen atoms in total. The maximum Gasteiger partial charge on any atom is 0.500 e. The molecule has 0 saturated carbocycles. The van der Waals surface area contributed by atoms with Gasteiger partial charge in [0.15, 0.2) is 0 Å². The fourth-order valence-electron chi connectivity index (χ4n) is 1.23. The predicted octanol–water partition coefficient (Wildman–Crippen LogP) is 0.748. The Labute approximate surface area is 85.6 Å². The second kappa shape index (κ2) is 6.72. The van der Waals surface area contributed by atoms with Crippen molar-refractivity contribution in [3.8, 4) is 0 Å². The normalized spacial score (nSPS) is 14.8. The van der Waals surface area contributed by atoms with E-state index in [-0.39, 0.29) is 0 Å². The summed E-state index contributed by atoms with van der Waals surface area (Å²) in [5.41, 5.74) is 0. The Kier molecular flexibility index (Phi) is 6.88. The molecule has 1 atom stereocenters. The zero-order valence-corrected chi connectivity index (χ0v) is 12.4. The summed E-state index contributed by atoms with van der Waals surface area (Å²) in [6.07, 6.45) is 0. The molecule has 0 N–H and O–H groups in total. The van der Waals surface area contributed by atoms with Crippen molar-refractivity contribution in [2.24, 2.45) is 0 Å². The van der Waals surface area contributed by atoms with Gasteiger partial charge >= 0.3 is 8.80 Å². The minimum Gasteiger partial charge on any atom is -0.374 e. The van der Waals surface area contributed by atoms with Crippen molar-refractivity contribution in [1.82, 2.24) is 0 Å². The van der Waals surface area contributed by atoms with Gasteiger partial charge in [-0.3, -0.25) is 0 Å². The molecule has 0 aromatic carbocycles. The third kappa shape index (κ3) is 3.91. The Hall–Kier alpha value is 0.314. The summed E-state index contributed by atoms with van der Waals surface area (Å²) in [5.74, 6) is 0. The maximum absolute atomic E-state index is 5.70. The van der Waals surface area contributed by atoms with Gasteiger partial charge in [-0.1, -0.05) is 6.92 Å². The highest BCUT2D eigenvalue weighted by Gasteiger charge is 2.43. The molecule has 80 valence electrons. The Morgan fingerprint density at radius 2 is 1.31 bits per heavy atom. The third-order valence-electron chi connectivity index (χ3n) is 1.74. The van der Waals surface area contributed by atoms with Crippen molar-refractivity contribution < 1.29 is 13.3 Å². The monoisotopic (exact) mass is 222 g/mol. The van der Waals surface area contributed by atoms with Crippen LogP contribution in [0.5, 0.6) is 0 Å². The van der Waals surface area contributed by atoms with Crippen LogP contribution in [-0.4, -0.2) is 38.9 Å². The van der Waals surface area contributed by atoms with Gasteiger partial charge in [-0.25, -0.2) is 0 Å². The maximum atomic E-state index is 5.70. The van der Waals surface area contributed by atoms with E-state index in [1.54, 1.807) is 0 Å². The topological polar surface area (TPSA) is 27.7 Å². The third-order valence-corrected chi connectivity index (χ3v) is 7.35. The molecule has 0 heterocycles. The average molecular weight is 222 g/mol. The standard InChI is InChI=1S/C8H22O3Si2/c1-5-9-13(8(4)12,10-6-2)11-7-3/h8H,5-7H2,1-4,12H3. The largest absolute Gasteiger partial charge is 0.500 e. The van der Waals surface area contributed by atoms with E-state index >= 15 is 0 Å². The predicted molar refractivity (Wildman–Crippen MR) is 60.0 cm³/mol. The molecule has 0 saturated heterocycles. The van der Waals surface area contributed by atoms with Crippen LogP contribution >= 0.6 is 0 Å². The van der Waals surface area contributed by atoms with Gasteiger partial charge in [0.25, 0.3) is 0 Å². The smallest absolute Gasteiger partial charge is 0.374 e. The highest BCUT2D eigenvalue weighted by atomic mass is 28.4. The number of hydrogen-bond acceptors (Lipinski definition) is 3. The molecule has 0 fully saturated rings.